The van der Waals surface area contributed by atoms with Crippen molar-refractivity contribution in [3.05, 3.63) is 22.4 Å². The van der Waals surface area contributed by atoms with Crippen LogP contribution in [0.5, 0.6) is 0 Å². The van der Waals surface area contributed by atoms with Crippen LogP contribution >= 0.6 is 15.9 Å². The van der Waals surface area contributed by atoms with E-state index in [2.05, 4.69) is 39.7 Å². The highest BCUT2D eigenvalue weighted by Crippen LogP contribution is 2.25. The molecule has 1 aromatic heterocycles. The van der Waals surface area contributed by atoms with Gasteiger partial charge in [-0.25, -0.2) is 9.37 Å². The fraction of sp³-hybridized carbons (Fsp3) is 0.500. The van der Waals surface area contributed by atoms with Crippen LogP contribution in [0.4, 0.5) is 10.3 Å². The van der Waals surface area contributed by atoms with E-state index in [1.165, 1.54) is 6.07 Å². The van der Waals surface area contributed by atoms with E-state index in [9.17, 15) is 4.39 Å². The molecule has 6 heteroatoms. The highest BCUT2D eigenvalue weighted by molar-refractivity contribution is 9.10. The molecular weight excluding hydrogens is 323 g/mol. The number of imidazole rings is 1. The van der Waals surface area contributed by atoms with Gasteiger partial charge in [0.15, 0.2) is 0 Å². The Hall–Kier alpha value is -1.14. The number of nitrogens with two attached hydrogens (primary N) is 1. The van der Waals surface area contributed by atoms with E-state index in [1.807, 2.05) is 4.57 Å². The minimum absolute atomic E-state index is 0.315. The first-order chi connectivity index (χ1) is 9.56. The molecule has 0 saturated heterocycles. The van der Waals surface area contributed by atoms with E-state index in [4.69, 9.17) is 5.73 Å². The maximum atomic E-state index is 13.5. The van der Waals surface area contributed by atoms with Crippen LogP contribution in [-0.4, -0.2) is 34.1 Å². The van der Waals surface area contributed by atoms with Crippen LogP contribution in [0, 0.1) is 5.82 Å². The molecule has 20 heavy (non-hydrogen) atoms. The van der Waals surface area contributed by atoms with Crippen molar-refractivity contribution in [2.75, 3.05) is 25.4 Å². The van der Waals surface area contributed by atoms with E-state index in [0.29, 0.717) is 15.9 Å². The maximum Gasteiger partial charge on any atom is 0.201 e. The molecule has 0 aliphatic carbocycles. The lowest BCUT2D eigenvalue weighted by atomic mass is 10.3. The summed E-state index contributed by atoms with van der Waals surface area (Å²) in [5.74, 6) is 0.127. The molecule has 0 amide bonds. The normalized spacial score (nSPS) is 11.7. The average Bonchev–Trinajstić information content (AvgIpc) is 2.71. The number of hydrogen-bond donors (Lipinski definition) is 1. The van der Waals surface area contributed by atoms with Gasteiger partial charge in [-0.3, -0.25) is 0 Å². The highest BCUT2D eigenvalue weighted by atomic mass is 79.9. The van der Waals surface area contributed by atoms with Crippen LogP contribution in [0.15, 0.2) is 16.6 Å². The molecular formula is C14H20BrFN4. The molecule has 0 radical (unpaired) electrons. The monoisotopic (exact) mass is 342 g/mol. The van der Waals surface area contributed by atoms with Crippen LogP contribution < -0.4 is 5.73 Å². The van der Waals surface area contributed by atoms with Crippen LogP contribution in [0.2, 0.25) is 0 Å². The summed E-state index contributed by atoms with van der Waals surface area (Å²) in [6.07, 6.45) is 0.992. The van der Waals surface area contributed by atoms with E-state index >= 15 is 0 Å². The Bertz CT molecular complexity index is 592. The third-order valence-electron chi connectivity index (χ3n) is 3.57. The van der Waals surface area contributed by atoms with Gasteiger partial charge in [0.05, 0.1) is 15.5 Å². The number of nitrogens with zero attached hydrogens (tertiary/aromatic N) is 3. The van der Waals surface area contributed by atoms with Gasteiger partial charge in [-0.05, 0) is 48.1 Å². The van der Waals surface area contributed by atoms with Crippen LogP contribution in [0.25, 0.3) is 11.0 Å². The van der Waals surface area contributed by atoms with Crippen molar-refractivity contribution in [3.8, 4) is 0 Å². The smallest absolute Gasteiger partial charge is 0.201 e. The lowest BCUT2D eigenvalue weighted by Crippen LogP contribution is -2.25. The maximum absolute atomic E-state index is 13.5. The zero-order valence-electron chi connectivity index (χ0n) is 11.9. The third kappa shape index (κ3) is 3.12. The Kier molecular flexibility index (Phi) is 4.99. The number of halogens is 2. The Morgan fingerprint density at radius 2 is 2.05 bits per heavy atom. The first-order valence-corrected chi connectivity index (χ1v) is 7.69. The minimum atomic E-state index is -0.315. The van der Waals surface area contributed by atoms with Crippen molar-refractivity contribution in [1.29, 1.82) is 0 Å². The number of rotatable bonds is 6. The molecule has 110 valence electrons. The minimum Gasteiger partial charge on any atom is -0.369 e. The Morgan fingerprint density at radius 1 is 1.35 bits per heavy atom. The van der Waals surface area contributed by atoms with Gasteiger partial charge in [0.2, 0.25) is 5.95 Å². The second-order valence-electron chi connectivity index (χ2n) is 4.76. The molecule has 2 rings (SSSR count). The molecule has 0 aliphatic rings. The first kappa shape index (κ1) is 15.3. The van der Waals surface area contributed by atoms with Crippen molar-refractivity contribution in [1.82, 2.24) is 14.5 Å². The molecule has 0 aliphatic heterocycles. The number of anilines is 1. The fourth-order valence-corrected chi connectivity index (χ4v) is 2.70. The summed E-state index contributed by atoms with van der Waals surface area (Å²) in [7, 11) is 0. The van der Waals surface area contributed by atoms with Crippen LogP contribution in [0.1, 0.15) is 20.3 Å². The number of fused-ring (bicyclic) bond motifs is 1. The zero-order valence-corrected chi connectivity index (χ0v) is 13.5. The van der Waals surface area contributed by atoms with Crippen molar-refractivity contribution in [3.63, 3.8) is 0 Å². The van der Waals surface area contributed by atoms with Gasteiger partial charge < -0.3 is 15.2 Å². The summed E-state index contributed by atoms with van der Waals surface area (Å²) in [5.41, 5.74) is 7.41. The van der Waals surface area contributed by atoms with Gasteiger partial charge in [-0.1, -0.05) is 13.8 Å². The topological polar surface area (TPSA) is 47.1 Å². The van der Waals surface area contributed by atoms with Crippen LogP contribution in [-0.2, 0) is 6.54 Å². The summed E-state index contributed by atoms with van der Waals surface area (Å²) < 4.78 is 15.9. The lowest BCUT2D eigenvalue weighted by molar-refractivity contribution is 0.294. The van der Waals surface area contributed by atoms with Gasteiger partial charge in [0.1, 0.15) is 5.82 Å². The van der Waals surface area contributed by atoms with Gasteiger partial charge in [0, 0.05) is 12.6 Å². The van der Waals surface area contributed by atoms with Crippen molar-refractivity contribution in [2.24, 2.45) is 0 Å². The van der Waals surface area contributed by atoms with E-state index in [-0.39, 0.29) is 5.82 Å². The van der Waals surface area contributed by atoms with Crippen molar-refractivity contribution < 1.29 is 4.39 Å². The summed E-state index contributed by atoms with van der Waals surface area (Å²) in [6, 6.07) is 3.15. The molecule has 0 saturated carbocycles. The predicted octanol–water partition coefficient (Wildman–Crippen LogP) is 3.25. The number of aromatic nitrogens is 2. The van der Waals surface area contributed by atoms with Gasteiger partial charge >= 0.3 is 0 Å². The molecule has 4 nitrogen and oxygen atoms in total. The largest absolute Gasteiger partial charge is 0.369 e. The van der Waals surface area contributed by atoms with Gasteiger partial charge in [-0.2, -0.15) is 0 Å². The van der Waals surface area contributed by atoms with E-state index in [0.717, 1.165) is 38.1 Å². The van der Waals surface area contributed by atoms with Crippen molar-refractivity contribution >= 4 is 32.9 Å². The Morgan fingerprint density at radius 3 is 2.70 bits per heavy atom. The summed E-state index contributed by atoms with van der Waals surface area (Å²) in [6.45, 7) is 8.22. The molecule has 0 bridgehead atoms. The Balaban J connectivity index is 2.17. The number of hydrogen-bond acceptors (Lipinski definition) is 3. The molecule has 0 spiro atoms. The lowest BCUT2D eigenvalue weighted by Gasteiger charge is -2.18. The van der Waals surface area contributed by atoms with E-state index in [1.54, 1.807) is 6.07 Å². The first-order valence-electron chi connectivity index (χ1n) is 6.89. The second kappa shape index (κ2) is 6.54. The fourth-order valence-electron chi connectivity index (χ4n) is 2.37. The molecule has 1 heterocycles. The van der Waals surface area contributed by atoms with Gasteiger partial charge in [0.25, 0.3) is 0 Å². The summed E-state index contributed by atoms with van der Waals surface area (Å²) in [5, 5.41) is 0. The zero-order chi connectivity index (χ0) is 14.7. The average molecular weight is 343 g/mol. The molecule has 0 unspecified atom stereocenters. The van der Waals surface area contributed by atoms with Crippen molar-refractivity contribution in [2.45, 2.75) is 26.8 Å². The quantitative estimate of drug-likeness (QED) is 0.876. The highest BCUT2D eigenvalue weighted by Gasteiger charge is 2.11. The van der Waals surface area contributed by atoms with Gasteiger partial charge in [-0.15, -0.1) is 0 Å². The molecule has 1 aromatic carbocycles. The molecule has 2 aromatic rings. The molecule has 0 fully saturated rings. The third-order valence-corrected chi connectivity index (χ3v) is 4.18. The second-order valence-corrected chi connectivity index (χ2v) is 5.61. The summed E-state index contributed by atoms with van der Waals surface area (Å²) >= 11 is 3.21. The Labute approximate surface area is 126 Å². The SMILES string of the molecule is CCN(CC)CCCn1c(N)nc2cc(F)c(Br)cc21. The molecule has 0 atom stereocenters. The van der Waals surface area contributed by atoms with E-state index < -0.39 is 0 Å². The molecule has 2 N–H and O–H groups in total. The number of benzene rings is 1. The number of aryl methyl sites for hydroxylation is 1. The number of nitrogen functional groups attached to an aromatic ring is 1. The predicted molar refractivity (Wildman–Crippen MR) is 84.2 cm³/mol. The van der Waals surface area contributed by atoms with Crippen LogP contribution in [0.3, 0.4) is 0 Å². The summed E-state index contributed by atoms with van der Waals surface area (Å²) in [4.78, 5) is 6.59. The standard InChI is InChI=1S/C14H20BrFN4/c1-3-19(4-2)6-5-7-20-13-8-10(15)11(16)9-12(13)18-14(20)17/h8-9H,3-7H2,1-2H3,(H2,17,18).